The first-order valence-electron chi connectivity index (χ1n) is 9.91. The number of carbonyl (C=O) groups excluding carboxylic acids is 1. The van der Waals surface area contributed by atoms with Crippen molar-refractivity contribution in [3.8, 4) is 0 Å². The molecule has 0 radical (unpaired) electrons. The third-order valence-corrected chi connectivity index (χ3v) is 8.00. The summed E-state index contributed by atoms with van der Waals surface area (Å²) in [7, 11) is 0. The Balaban J connectivity index is 1.92. The monoisotopic (exact) mass is 320 g/mol. The third-order valence-electron chi connectivity index (χ3n) is 8.00. The zero-order chi connectivity index (χ0) is 16.7. The minimum Gasteiger partial charge on any atom is -0.381 e. The summed E-state index contributed by atoms with van der Waals surface area (Å²) >= 11 is 0. The van der Waals surface area contributed by atoms with E-state index in [4.69, 9.17) is 4.74 Å². The van der Waals surface area contributed by atoms with Crippen molar-refractivity contribution < 1.29 is 9.53 Å². The van der Waals surface area contributed by atoms with Gasteiger partial charge in [0.05, 0.1) is 0 Å². The molecule has 0 bridgehead atoms. The second kappa shape index (κ2) is 6.50. The van der Waals surface area contributed by atoms with Crippen LogP contribution in [-0.4, -0.2) is 19.5 Å². The molecule has 1 saturated heterocycles. The van der Waals surface area contributed by atoms with Gasteiger partial charge in [-0.05, 0) is 73.0 Å². The Hall–Kier alpha value is -0.370. The summed E-state index contributed by atoms with van der Waals surface area (Å²) in [6.45, 7) is 11.5. The summed E-state index contributed by atoms with van der Waals surface area (Å²) in [4.78, 5) is 11.8. The highest BCUT2D eigenvalue weighted by Crippen LogP contribution is 2.62. The summed E-state index contributed by atoms with van der Waals surface area (Å²) in [6.07, 6.45) is 10.1. The van der Waals surface area contributed by atoms with E-state index in [0.29, 0.717) is 28.6 Å². The molecule has 3 aliphatic rings. The fourth-order valence-electron chi connectivity index (χ4n) is 6.55. The van der Waals surface area contributed by atoms with Gasteiger partial charge in [0.25, 0.3) is 0 Å². The van der Waals surface area contributed by atoms with Crippen molar-refractivity contribution in [1.82, 2.24) is 0 Å². The third kappa shape index (κ3) is 3.13. The van der Waals surface area contributed by atoms with E-state index in [0.717, 1.165) is 32.0 Å². The van der Waals surface area contributed by atoms with Crippen LogP contribution in [0.3, 0.4) is 0 Å². The zero-order valence-corrected chi connectivity index (χ0v) is 15.6. The molecule has 2 nitrogen and oxygen atoms in total. The maximum Gasteiger partial charge on any atom is 0.123 e. The molecule has 2 saturated carbocycles. The molecule has 132 valence electrons. The Labute approximate surface area is 142 Å². The number of hydrogen-bond donors (Lipinski definition) is 0. The highest BCUT2D eigenvalue weighted by atomic mass is 16.5. The second-order valence-electron chi connectivity index (χ2n) is 9.72. The number of aldehydes is 1. The van der Waals surface area contributed by atoms with E-state index < -0.39 is 0 Å². The van der Waals surface area contributed by atoms with Crippen LogP contribution in [-0.2, 0) is 9.53 Å². The molecule has 1 unspecified atom stereocenters. The molecule has 0 spiro atoms. The topological polar surface area (TPSA) is 26.3 Å². The van der Waals surface area contributed by atoms with Crippen LogP contribution in [0, 0.1) is 40.4 Å². The lowest BCUT2D eigenvalue weighted by molar-refractivity contribution is -0.123. The molecular formula is C21H36O2. The Morgan fingerprint density at radius 1 is 1.09 bits per heavy atom. The van der Waals surface area contributed by atoms with Crippen LogP contribution in [0.2, 0.25) is 0 Å². The highest BCUT2D eigenvalue weighted by Gasteiger charge is 2.55. The number of carbonyl (C=O) groups is 1. The summed E-state index contributed by atoms with van der Waals surface area (Å²) in [6, 6.07) is 0. The Bertz CT molecular complexity index is 430. The van der Waals surface area contributed by atoms with Crippen LogP contribution in [0.4, 0.5) is 0 Å². The van der Waals surface area contributed by atoms with E-state index in [2.05, 4.69) is 27.7 Å². The quantitative estimate of drug-likeness (QED) is 0.628. The molecule has 1 heterocycles. The fourth-order valence-corrected chi connectivity index (χ4v) is 6.55. The molecule has 6 atom stereocenters. The van der Waals surface area contributed by atoms with Gasteiger partial charge in [0, 0.05) is 19.1 Å². The van der Waals surface area contributed by atoms with Gasteiger partial charge >= 0.3 is 0 Å². The standard InChI is InChI=1S/C21H36O2/c1-15-8-11-23-14-16-6-7-19-20(2,3)9-5-10-21(19,4)18(16)12-17(15)13-22/h13,15-19H,5-12,14H2,1-4H3/t15-,16-,17?,18+,19+,21-/m1/s1. The zero-order valence-electron chi connectivity index (χ0n) is 15.6. The summed E-state index contributed by atoms with van der Waals surface area (Å²) < 4.78 is 6.05. The van der Waals surface area contributed by atoms with E-state index in [1.807, 2.05) is 0 Å². The van der Waals surface area contributed by atoms with Gasteiger partial charge in [-0.25, -0.2) is 0 Å². The number of rotatable bonds is 1. The van der Waals surface area contributed by atoms with E-state index in [9.17, 15) is 4.79 Å². The lowest BCUT2D eigenvalue weighted by Gasteiger charge is -2.60. The SMILES string of the molecule is C[C@@H]1CCOC[C@H]2CC[C@H]3C(C)(C)CCC[C@]3(C)[C@H]2CC1C=O. The normalized spacial score (nSPS) is 47.4. The highest BCUT2D eigenvalue weighted by molar-refractivity contribution is 5.54. The van der Waals surface area contributed by atoms with E-state index in [-0.39, 0.29) is 5.92 Å². The second-order valence-corrected chi connectivity index (χ2v) is 9.72. The van der Waals surface area contributed by atoms with Crippen molar-refractivity contribution in [3.05, 3.63) is 0 Å². The van der Waals surface area contributed by atoms with Crippen LogP contribution in [0.15, 0.2) is 0 Å². The van der Waals surface area contributed by atoms with Crippen molar-refractivity contribution in [3.63, 3.8) is 0 Å². The van der Waals surface area contributed by atoms with Gasteiger partial charge in [0.1, 0.15) is 6.29 Å². The predicted octanol–water partition coefficient (Wildman–Crippen LogP) is 5.11. The van der Waals surface area contributed by atoms with Crippen LogP contribution in [0.25, 0.3) is 0 Å². The fraction of sp³-hybridized carbons (Fsp3) is 0.952. The molecule has 23 heavy (non-hydrogen) atoms. The molecule has 1 aliphatic heterocycles. The molecule has 0 amide bonds. The van der Waals surface area contributed by atoms with Gasteiger partial charge in [-0.1, -0.05) is 34.1 Å². The van der Waals surface area contributed by atoms with Gasteiger partial charge in [-0.2, -0.15) is 0 Å². The van der Waals surface area contributed by atoms with Crippen molar-refractivity contribution in [2.75, 3.05) is 13.2 Å². The first kappa shape index (κ1) is 17.5. The first-order valence-corrected chi connectivity index (χ1v) is 9.91. The first-order chi connectivity index (χ1) is 10.9. The van der Waals surface area contributed by atoms with Crippen LogP contribution in [0.1, 0.15) is 72.6 Å². The average molecular weight is 321 g/mol. The van der Waals surface area contributed by atoms with E-state index >= 15 is 0 Å². The van der Waals surface area contributed by atoms with E-state index in [1.165, 1.54) is 38.4 Å². The Morgan fingerprint density at radius 3 is 2.61 bits per heavy atom. The smallest absolute Gasteiger partial charge is 0.123 e. The maximum atomic E-state index is 11.8. The van der Waals surface area contributed by atoms with Crippen LogP contribution >= 0.6 is 0 Å². The number of fused-ring (bicyclic) bond motifs is 3. The van der Waals surface area contributed by atoms with Gasteiger partial charge < -0.3 is 9.53 Å². The summed E-state index contributed by atoms with van der Waals surface area (Å²) in [5.74, 6) is 2.83. The molecule has 3 rings (SSSR count). The molecule has 2 aliphatic carbocycles. The van der Waals surface area contributed by atoms with Gasteiger partial charge in [-0.3, -0.25) is 0 Å². The lowest BCUT2D eigenvalue weighted by atomic mass is 9.45. The van der Waals surface area contributed by atoms with Crippen LogP contribution < -0.4 is 0 Å². The van der Waals surface area contributed by atoms with Gasteiger partial charge in [0.15, 0.2) is 0 Å². The van der Waals surface area contributed by atoms with Crippen LogP contribution in [0.5, 0.6) is 0 Å². The van der Waals surface area contributed by atoms with Gasteiger partial charge in [0.2, 0.25) is 0 Å². The summed E-state index contributed by atoms with van der Waals surface area (Å²) in [5, 5.41) is 0. The number of hydrogen-bond acceptors (Lipinski definition) is 2. The van der Waals surface area contributed by atoms with Crippen molar-refractivity contribution >= 4 is 6.29 Å². The minimum absolute atomic E-state index is 0.227. The Kier molecular flexibility index (Phi) is 4.93. The van der Waals surface area contributed by atoms with Crippen molar-refractivity contribution in [1.29, 1.82) is 0 Å². The predicted molar refractivity (Wildman–Crippen MR) is 94.2 cm³/mol. The average Bonchev–Trinajstić information content (AvgIpc) is 2.56. The molecule has 3 fully saturated rings. The molecular weight excluding hydrogens is 284 g/mol. The van der Waals surface area contributed by atoms with Crippen molar-refractivity contribution in [2.24, 2.45) is 40.4 Å². The number of ether oxygens (including phenoxy) is 1. The lowest BCUT2D eigenvalue weighted by Crippen LogP contribution is -2.52. The minimum atomic E-state index is 0.227. The van der Waals surface area contributed by atoms with Crippen molar-refractivity contribution in [2.45, 2.75) is 72.6 Å². The Morgan fingerprint density at radius 2 is 1.87 bits per heavy atom. The molecule has 2 heteroatoms. The summed E-state index contributed by atoms with van der Waals surface area (Å²) in [5.41, 5.74) is 0.860. The molecule has 0 aromatic carbocycles. The van der Waals surface area contributed by atoms with E-state index in [1.54, 1.807) is 0 Å². The molecule has 0 N–H and O–H groups in total. The molecule has 0 aromatic rings. The largest absolute Gasteiger partial charge is 0.381 e. The maximum absolute atomic E-state index is 11.8. The molecule has 0 aromatic heterocycles. The van der Waals surface area contributed by atoms with Gasteiger partial charge in [-0.15, -0.1) is 0 Å².